The fraction of sp³-hybridized carbons (Fsp3) is 0.318. The molecule has 10 heteroatoms. The van der Waals surface area contributed by atoms with Crippen LogP contribution in [0.5, 0.6) is 5.75 Å². The second kappa shape index (κ2) is 9.29. The van der Waals surface area contributed by atoms with E-state index in [2.05, 4.69) is 15.4 Å². The molecule has 3 aromatic rings. The Labute approximate surface area is 183 Å². The van der Waals surface area contributed by atoms with Crippen molar-refractivity contribution in [1.29, 1.82) is 0 Å². The number of alkyl halides is 3. The number of benzene rings is 1. The first kappa shape index (κ1) is 23.1. The summed E-state index contributed by atoms with van der Waals surface area (Å²) in [5.74, 6) is 0.362. The van der Waals surface area contributed by atoms with Gasteiger partial charge in [0.25, 0.3) is 0 Å². The summed E-state index contributed by atoms with van der Waals surface area (Å²) in [6.45, 7) is 1.83. The fourth-order valence-corrected chi connectivity index (χ4v) is 3.13. The number of anilines is 2. The van der Waals surface area contributed by atoms with Crippen LogP contribution in [0.25, 0.3) is 5.69 Å². The van der Waals surface area contributed by atoms with E-state index in [1.165, 1.54) is 18.1 Å². The van der Waals surface area contributed by atoms with Crippen LogP contribution in [-0.4, -0.2) is 46.8 Å². The summed E-state index contributed by atoms with van der Waals surface area (Å²) in [7, 11) is 4.66. The Kier molecular flexibility index (Phi) is 6.71. The second-order valence-corrected chi connectivity index (χ2v) is 7.40. The Morgan fingerprint density at radius 3 is 2.59 bits per heavy atom. The standard InChI is InChI=1S/C22H24F3N5O2/c1-14-19(6-5-9-26-14)30-17(7-8-21(31)29(2)3)13-20(28-30)27-16-10-15(22(23,24)25)11-18(12-16)32-4/h5-6,9-13H,7-8H2,1-4H3,(H,27,28). The van der Waals surface area contributed by atoms with Gasteiger partial charge >= 0.3 is 6.18 Å². The first-order valence-corrected chi connectivity index (χ1v) is 9.83. The highest BCUT2D eigenvalue weighted by molar-refractivity contribution is 5.75. The van der Waals surface area contributed by atoms with E-state index in [4.69, 9.17) is 4.74 Å². The van der Waals surface area contributed by atoms with Crippen LogP contribution in [0.15, 0.2) is 42.6 Å². The predicted octanol–water partition coefficient (Wildman–Crippen LogP) is 4.37. The van der Waals surface area contributed by atoms with Crippen LogP contribution in [0.3, 0.4) is 0 Å². The van der Waals surface area contributed by atoms with E-state index in [1.807, 2.05) is 13.0 Å². The summed E-state index contributed by atoms with van der Waals surface area (Å²) >= 11 is 0. The van der Waals surface area contributed by atoms with Crippen LogP contribution in [0.1, 0.15) is 23.4 Å². The van der Waals surface area contributed by atoms with E-state index >= 15 is 0 Å². The molecule has 0 unspecified atom stereocenters. The average molecular weight is 447 g/mol. The predicted molar refractivity (Wildman–Crippen MR) is 114 cm³/mol. The molecule has 170 valence electrons. The zero-order valence-electron chi connectivity index (χ0n) is 18.2. The van der Waals surface area contributed by atoms with Crippen molar-refractivity contribution in [3.8, 4) is 11.4 Å². The summed E-state index contributed by atoms with van der Waals surface area (Å²) in [5, 5.41) is 7.45. The minimum absolute atomic E-state index is 0.0437. The summed E-state index contributed by atoms with van der Waals surface area (Å²) in [4.78, 5) is 17.9. The summed E-state index contributed by atoms with van der Waals surface area (Å²) in [6, 6.07) is 8.70. The number of hydrogen-bond donors (Lipinski definition) is 1. The number of carbonyl (C=O) groups is 1. The second-order valence-electron chi connectivity index (χ2n) is 7.40. The number of methoxy groups -OCH3 is 1. The summed E-state index contributed by atoms with van der Waals surface area (Å²) in [5.41, 5.74) is 1.51. The SMILES string of the molecule is COc1cc(Nc2cc(CCC(=O)N(C)C)n(-c3cccnc3C)n2)cc(C(F)(F)F)c1. The molecule has 7 nitrogen and oxygen atoms in total. The first-order valence-electron chi connectivity index (χ1n) is 9.83. The number of pyridine rings is 1. The quantitative estimate of drug-likeness (QED) is 0.583. The van der Waals surface area contributed by atoms with Crippen molar-refractivity contribution in [1.82, 2.24) is 19.7 Å². The van der Waals surface area contributed by atoms with Crippen molar-refractivity contribution < 1.29 is 22.7 Å². The Morgan fingerprint density at radius 1 is 1.22 bits per heavy atom. The van der Waals surface area contributed by atoms with Crippen LogP contribution in [0.4, 0.5) is 24.7 Å². The molecule has 0 bridgehead atoms. The lowest BCUT2D eigenvalue weighted by molar-refractivity contribution is -0.137. The van der Waals surface area contributed by atoms with Gasteiger partial charge in [0.1, 0.15) is 5.75 Å². The maximum Gasteiger partial charge on any atom is 0.416 e. The van der Waals surface area contributed by atoms with Gasteiger partial charge in [-0.15, -0.1) is 5.10 Å². The van der Waals surface area contributed by atoms with Gasteiger partial charge in [0.05, 0.1) is 24.1 Å². The molecule has 0 saturated carbocycles. The lowest BCUT2D eigenvalue weighted by Crippen LogP contribution is -2.22. The monoisotopic (exact) mass is 447 g/mol. The van der Waals surface area contributed by atoms with Crippen LogP contribution in [-0.2, 0) is 17.4 Å². The third-order valence-electron chi connectivity index (χ3n) is 4.83. The van der Waals surface area contributed by atoms with Crippen molar-refractivity contribution in [3.63, 3.8) is 0 Å². The number of hydrogen-bond acceptors (Lipinski definition) is 5. The maximum absolute atomic E-state index is 13.3. The number of aryl methyl sites for hydroxylation is 2. The molecule has 0 saturated heterocycles. The number of rotatable bonds is 7. The van der Waals surface area contributed by atoms with Gasteiger partial charge in [0, 0.05) is 50.2 Å². The molecule has 0 aliphatic rings. The highest BCUT2D eigenvalue weighted by atomic mass is 19.4. The highest BCUT2D eigenvalue weighted by Crippen LogP contribution is 2.35. The number of halogens is 3. The van der Waals surface area contributed by atoms with E-state index in [9.17, 15) is 18.0 Å². The number of ether oxygens (including phenoxy) is 1. The molecule has 2 aromatic heterocycles. The first-order chi connectivity index (χ1) is 15.1. The van der Waals surface area contributed by atoms with Crippen LogP contribution >= 0.6 is 0 Å². The molecular weight excluding hydrogens is 423 g/mol. The van der Waals surface area contributed by atoms with Crippen LogP contribution in [0.2, 0.25) is 0 Å². The van der Waals surface area contributed by atoms with Crippen molar-refractivity contribution >= 4 is 17.4 Å². The van der Waals surface area contributed by atoms with E-state index < -0.39 is 11.7 Å². The van der Waals surface area contributed by atoms with Gasteiger partial charge < -0.3 is 15.0 Å². The smallest absolute Gasteiger partial charge is 0.416 e. The number of carbonyl (C=O) groups excluding carboxylic acids is 1. The highest BCUT2D eigenvalue weighted by Gasteiger charge is 2.31. The van der Waals surface area contributed by atoms with Gasteiger partial charge in [-0.3, -0.25) is 9.78 Å². The van der Waals surface area contributed by atoms with Crippen molar-refractivity contribution in [2.75, 3.05) is 26.5 Å². The molecular formula is C22H24F3N5O2. The van der Waals surface area contributed by atoms with Crippen LogP contribution in [0, 0.1) is 6.92 Å². The molecule has 2 heterocycles. The molecule has 3 rings (SSSR count). The average Bonchev–Trinajstić information content (AvgIpc) is 3.13. The third kappa shape index (κ3) is 5.37. The number of nitrogens with one attached hydrogen (secondary N) is 1. The van der Waals surface area contributed by atoms with Crippen molar-refractivity contribution in [2.24, 2.45) is 0 Å². The number of aromatic nitrogens is 3. The molecule has 0 aliphatic carbocycles. The Morgan fingerprint density at radius 2 is 1.97 bits per heavy atom. The number of nitrogens with zero attached hydrogens (tertiary/aromatic N) is 4. The molecule has 1 N–H and O–H groups in total. The van der Waals surface area contributed by atoms with E-state index in [-0.39, 0.29) is 23.8 Å². The topological polar surface area (TPSA) is 72.3 Å². The van der Waals surface area contributed by atoms with E-state index in [0.717, 1.165) is 29.2 Å². The van der Waals surface area contributed by atoms with Gasteiger partial charge in [-0.05, 0) is 37.6 Å². The molecule has 1 amide bonds. The van der Waals surface area contributed by atoms with E-state index in [1.54, 1.807) is 37.1 Å². The molecule has 0 atom stereocenters. The molecule has 0 spiro atoms. The molecule has 0 aliphatic heterocycles. The Bertz CT molecular complexity index is 1110. The lowest BCUT2D eigenvalue weighted by Gasteiger charge is -2.12. The third-order valence-corrected chi connectivity index (χ3v) is 4.83. The van der Waals surface area contributed by atoms with E-state index in [0.29, 0.717) is 12.2 Å². The lowest BCUT2D eigenvalue weighted by atomic mass is 10.1. The minimum atomic E-state index is -4.52. The zero-order chi connectivity index (χ0) is 23.5. The maximum atomic E-state index is 13.3. The van der Waals surface area contributed by atoms with Gasteiger partial charge in [-0.1, -0.05) is 0 Å². The summed E-state index contributed by atoms with van der Waals surface area (Å²) < 4.78 is 46.4. The normalized spacial score (nSPS) is 11.3. The largest absolute Gasteiger partial charge is 0.497 e. The Balaban J connectivity index is 1.98. The Hall–Kier alpha value is -3.56. The molecule has 32 heavy (non-hydrogen) atoms. The van der Waals surface area contributed by atoms with Gasteiger partial charge in [-0.2, -0.15) is 13.2 Å². The molecule has 1 aromatic carbocycles. The zero-order valence-corrected chi connectivity index (χ0v) is 18.2. The van der Waals surface area contributed by atoms with Gasteiger partial charge in [0.2, 0.25) is 5.91 Å². The van der Waals surface area contributed by atoms with Crippen LogP contribution < -0.4 is 10.1 Å². The number of amides is 1. The molecule has 0 radical (unpaired) electrons. The molecule has 0 fully saturated rings. The van der Waals surface area contributed by atoms with Gasteiger partial charge in [-0.25, -0.2) is 4.68 Å². The fourth-order valence-electron chi connectivity index (χ4n) is 3.13. The van der Waals surface area contributed by atoms with Crippen molar-refractivity contribution in [3.05, 3.63) is 59.5 Å². The van der Waals surface area contributed by atoms with Crippen molar-refractivity contribution in [2.45, 2.75) is 25.9 Å². The minimum Gasteiger partial charge on any atom is -0.497 e. The van der Waals surface area contributed by atoms with Gasteiger partial charge in [0.15, 0.2) is 5.82 Å². The summed E-state index contributed by atoms with van der Waals surface area (Å²) in [6.07, 6.45) is -2.21.